The molecule has 0 N–H and O–H groups in total. The van der Waals surface area contributed by atoms with Crippen LogP contribution in [0.25, 0.3) is 93.6 Å². The molecule has 0 bridgehead atoms. The first-order valence-corrected chi connectivity index (χ1v) is 17.5. The van der Waals surface area contributed by atoms with Crippen molar-refractivity contribution >= 4 is 65.4 Å². The van der Waals surface area contributed by atoms with Crippen molar-refractivity contribution in [2.24, 2.45) is 0 Å². The topological polar surface area (TPSA) is 14.8 Å². The zero-order chi connectivity index (χ0) is 33.5. The highest BCUT2D eigenvalue weighted by atomic mass is 15.0. The van der Waals surface area contributed by atoms with Gasteiger partial charge in [-0.25, -0.2) is 0 Å². The van der Waals surface area contributed by atoms with Gasteiger partial charge in [0.15, 0.2) is 0 Å². The van der Waals surface area contributed by atoms with Crippen molar-refractivity contribution in [2.45, 2.75) is 0 Å². The van der Waals surface area contributed by atoms with E-state index in [1.54, 1.807) is 0 Å². The summed E-state index contributed by atoms with van der Waals surface area (Å²) >= 11 is 0. The molecule has 3 heterocycles. The standard InChI is InChI=1S/C48H31N3/c1-4-16-33(17-5-1)49-40-25-13-10-22-36(40)39-30-32(28-29-43(39)49)46-47-37-23-11-14-26-41(37)50(34-18-6-2-7-19-34)44(47)31-45-48(46)38-24-12-15-27-42(38)51(45)35-20-8-3-9-21-35/h1-31H. The summed E-state index contributed by atoms with van der Waals surface area (Å²) < 4.78 is 7.29. The number of benzene rings is 8. The molecule has 0 unspecified atom stereocenters. The van der Waals surface area contributed by atoms with Crippen LogP contribution >= 0.6 is 0 Å². The molecule has 0 saturated carbocycles. The molecule has 11 aromatic rings. The Morgan fingerprint density at radius 3 is 1.12 bits per heavy atom. The highest BCUT2D eigenvalue weighted by Gasteiger charge is 2.24. The maximum absolute atomic E-state index is 2.44. The van der Waals surface area contributed by atoms with Crippen molar-refractivity contribution in [1.29, 1.82) is 0 Å². The average Bonchev–Trinajstić information content (AvgIpc) is 3.83. The van der Waals surface area contributed by atoms with E-state index in [4.69, 9.17) is 0 Å². The molecule has 0 fully saturated rings. The summed E-state index contributed by atoms with van der Waals surface area (Å²) in [6.07, 6.45) is 0. The lowest BCUT2D eigenvalue weighted by molar-refractivity contribution is 1.16. The molecular weight excluding hydrogens is 619 g/mol. The molecule has 3 heteroatoms. The first-order chi connectivity index (χ1) is 25.3. The Bertz CT molecular complexity index is 2980. The van der Waals surface area contributed by atoms with E-state index in [0.717, 1.165) is 17.1 Å². The third-order valence-corrected chi connectivity index (χ3v) is 10.6. The van der Waals surface area contributed by atoms with Gasteiger partial charge in [0, 0.05) is 54.9 Å². The molecule has 0 radical (unpaired) electrons. The maximum Gasteiger partial charge on any atom is 0.0568 e. The molecule has 8 aromatic carbocycles. The maximum atomic E-state index is 2.44. The van der Waals surface area contributed by atoms with Gasteiger partial charge < -0.3 is 13.7 Å². The molecule has 3 aromatic heterocycles. The van der Waals surface area contributed by atoms with Crippen molar-refractivity contribution in [2.75, 3.05) is 0 Å². The lowest BCUT2D eigenvalue weighted by Gasteiger charge is -2.13. The predicted molar refractivity (Wildman–Crippen MR) is 215 cm³/mol. The normalized spacial score (nSPS) is 11.9. The average molecular weight is 650 g/mol. The Balaban J connectivity index is 1.36. The summed E-state index contributed by atoms with van der Waals surface area (Å²) in [5, 5.41) is 7.53. The summed E-state index contributed by atoms with van der Waals surface area (Å²) in [6, 6.07) is 68.4. The Morgan fingerprint density at radius 1 is 0.255 bits per heavy atom. The SMILES string of the molecule is c1ccc(-n2c3ccccc3c3cc(-c4c5c6ccccc6n(-c6ccccc6)c5cc5c4c4ccccc4n5-c4ccccc4)ccc32)cc1. The van der Waals surface area contributed by atoms with Gasteiger partial charge in [-0.1, -0.05) is 115 Å². The lowest BCUT2D eigenvalue weighted by Crippen LogP contribution is -1.96. The Morgan fingerprint density at radius 2 is 0.627 bits per heavy atom. The van der Waals surface area contributed by atoms with Crippen LogP contribution in [0.1, 0.15) is 0 Å². The van der Waals surface area contributed by atoms with Crippen molar-refractivity contribution < 1.29 is 0 Å². The highest BCUT2D eigenvalue weighted by Crippen LogP contribution is 2.48. The summed E-state index contributed by atoms with van der Waals surface area (Å²) in [7, 11) is 0. The second kappa shape index (κ2) is 10.8. The second-order valence-corrected chi connectivity index (χ2v) is 13.3. The molecule has 0 saturated heterocycles. The largest absolute Gasteiger partial charge is 0.309 e. The van der Waals surface area contributed by atoms with Crippen molar-refractivity contribution in [1.82, 2.24) is 13.7 Å². The smallest absolute Gasteiger partial charge is 0.0568 e. The zero-order valence-electron chi connectivity index (χ0n) is 27.7. The predicted octanol–water partition coefficient (Wildman–Crippen LogP) is 12.6. The molecular formula is C48H31N3. The van der Waals surface area contributed by atoms with E-state index >= 15 is 0 Å². The number of aromatic nitrogens is 3. The molecule has 0 aliphatic rings. The van der Waals surface area contributed by atoms with E-state index in [0.29, 0.717) is 0 Å². The summed E-state index contributed by atoms with van der Waals surface area (Å²) in [5.74, 6) is 0. The van der Waals surface area contributed by atoms with E-state index in [1.165, 1.54) is 76.5 Å². The quantitative estimate of drug-likeness (QED) is 0.180. The zero-order valence-corrected chi connectivity index (χ0v) is 27.7. The number of para-hydroxylation sites is 6. The number of fused-ring (bicyclic) bond motifs is 9. The minimum atomic E-state index is 1.15. The fraction of sp³-hybridized carbons (Fsp3) is 0. The third-order valence-electron chi connectivity index (χ3n) is 10.6. The van der Waals surface area contributed by atoms with Gasteiger partial charge in [0.05, 0.1) is 33.1 Å². The molecule has 0 aliphatic carbocycles. The highest BCUT2D eigenvalue weighted by molar-refractivity contribution is 6.29. The second-order valence-electron chi connectivity index (χ2n) is 13.3. The van der Waals surface area contributed by atoms with E-state index in [1.807, 2.05) is 0 Å². The van der Waals surface area contributed by atoms with Crippen LogP contribution in [-0.2, 0) is 0 Å². The van der Waals surface area contributed by atoms with Gasteiger partial charge >= 0.3 is 0 Å². The minimum absolute atomic E-state index is 1.15. The molecule has 0 aliphatic heterocycles. The summed E-state index contributed by atoms with van der Waals surface area (Å²) in [5.41, 5.74) is 13.1. The Hall–Kier alpha value is -6.84. The molecule has 0 atom stereocenters. The Labute approximate surface area is 294 Å². The number of nitrogens with zero attached hydrogens (tertiary/aromatic N) is 3. The Kier molecular flexibility index (Phi) is 5.96. The first-order valence-electron chi connectivity index (χ1n) is 17.5. The summed E-state index contributed by atoms with van der Waals surface area (Å²) in [6.45, 7) is 0. The molecule has 0 spiro atoms. The van der Waals surface area contributed by atoms with Crippen LogP contribution in [0.3, 0.4) is 0 Å². The van der Waals surface area contributed by atoms with E-state index in [9.17, 15) is 0 Å². The van der Waals surface area contributed by atoms with Crippen LogP contribution in [-0.4, -0.2) is 13.7 Å². The molecule has 11 rings (SSSR count). The number of hydrogen-bond donors (Lipinski definition) is 0. The van der Waals surface area contributed by atoms with Crippen LogP contribution in [0.2, 0.25) is 0 Å². The summed E-state index contributed by atoms with van der Waals surface area (Å²) in [4.78, 5) is 0. The van der Waals surface area contributed by atoms with Gasteiger partial charge in [0.1, 0.15) is 0 Å². The van der Waals surface area contributed by atoms with Crippen LogP contribution in [0.5, 0.6) is 0 Å². The fourth-order valence-electron chi connectivity index (χ4n) is 8.56. The van der Waals surface area contributed by atoms with Crippen molar-refractivity contribution in [3.63, 3.8) is 0 Å². The van der Waals surface area contributed by atoms with Gasteiger partial charge in [-0.2, -0.15) is 0 Å². The van der Waals surface area contributed by atoms with E-state index in [2.05, 4.69) is 202 Å². The van der Waals surface area contributed by atoms with Gasteiger partial charge in [-0.05, 0) is 78.4 Å². The monoisotopic (exact) mass is 649 g/mol. The van der Waals surface area contributed by atoms with Crippen LogP contribution in [0.15, 0.2) is 188 Å². The minimum Gasteiger partial charge on any atom is -0.309 e. The fourth-order valence-corrected chi connectivity index (χ4v) is 8.56. The van der Waals surface area contributed by atoms with Gasteiger partial charge in [-0.15, -0.1) is 0 Å². The van der Waals surface area contributed by atoms with Crippen LogP contribution in [0, 0.1) is 0 Å². The van der Waals surface area contributed by atoms with Gasteiger partial charge in [-0.3, -0.25) is 0 Å². The first kappa shape index (κ1) is 28.0. The lowest BCUT2D eigenvalue weighted by atomic mass is 9.93. The molecule has 51 heavy (non-hydrogen) atoms. The third kappa shape index (κ3) is 4.00. The number of rotatable bonds is 4. The van der Waals surface area contributed by atoms with Crippen LogP contribution < -0.4 is 0 Å². The van der Waals surface area contributed by atoms with Crippen molar-refractivity contribution in [3.8, 4) is 28.2 Å². The van der Waals surface area contributed by atoms with Gasteiger partial charge in [0.25, 0.3) is 0 Å². The molecule has 0 amide bonds. The van der Waals surface area contributed by atoms with E-state index < -0.39 is 0 Å². The molecule has 238 valence electrons. The number of hydrogen-bond acceptors (Lipinski definition) is 0. The van der Waals surface area contributed by atoms with E-state index in [-0.39, 0.29) is 0 Å². The van der Waals surface area contributed by atoms with Crippen LogP contribution in [0.4, 0.5) is 0 Å². The van der Waals surface area contributed by atoms with Crippen molar-refractivity contribution in [3.05, 3.63) is 188 Å². The molecule has 3 nitrogen and oxygen atoms in total. The van der Waals surface area contributed by atoms with Gasteiger partial charge in [0.2, 0.25) is 0 Å².